The molecule has 1 aromatic heterocycles. The van der Waals surface area contributed by atoms with Gasteiger partial charge in [-0.15, -0.1) is 0 Å². The van der Waals surface area contributed by atoms with Crippen molar-refractivity contribution in [2.45, 2.75) is 20.5 Å². The van der Waals surface area contributed by atoms with Crippen molar-refractivity contribution in [2.75, 3.05) is 0 Å². The third-order valence-electron chi connectivity index (χ3n) is 4.43. The fourth-order valence-electron chi connectivity index (χ4n) is 3.16. The van der Waals surface area contributed by atoms with Gasteiger partial charge in [-0.3, -0.25) is 4.79 Å². The zero-order valence-corrected chi connectivity index (χ0v) is 17.7. The lowest BCUT2D eigenvalue weighted by Crippen LogP contribution is -2.05. The van der Waals surface area contributed by atoms with Crippen LogP contribution in [-0.2, 0) is 6.61 Å². The first-order valence-corrected chi connectivity index (χ1v) is 9.96. The van der Waals surface area contributed by atoms with Gasteiger partial charge in [0.05, 0.1) is 5.39 Å². The molecule has 0 bridgehead atoms. The molecule has 0 atom stereocenters. The fraction of sp³-hybridized carbons (Fsp3) is 0.125. The van der Waals surface area contributed by atoms with Gasteiger partial charge in [0.15, 0.2) is 0 Å². The number of ether oxygens (including phenoxy) is 2. The van der Waals surface area contributed by atoms with E-state index in [0.717, 1.165) is 21.2 Å². The van der Waals surface area contributed by atoms with Crippen LogP contribution in [0.2, 0.25) is 0 Å². The second-order valence-electron chi connectivity index (χ2n) is 6.93. The third kappa shape index (κ3) is 4.51. The molecule has 146 valence electrons. The Balaban J connectivity index is 1.57. The molecule has 4 nitrogen and oxygen atoms in total. The van der Waals surface area contributed by atoms with Crippen molar-refractivity contribution in [3.05, 3.63) is 98.3 Å². The normalized spacial score (nSPS) is 10.9. The maximum absolute atomic E-state index is 12.8. The average Bonchev–Trinajstić information content (AvgIpc) is 2.68. The molecule has 0 aliphatic heterocycles. The van der Waals surface area contributed by atoms with Crippen LogP contribution in [0.4, 0.5) is 0 Å². The summed E-state index contributed by atoms with van der Waals surface area (Å²) in [6, 6.07) is 18.9. The van der Waals surface area contributed by atoms with E-state index in [4.69, 9.17) is 13.9 Å². The predicted octanol–water partition coefficient (Wildman–Crippen LogP) is 6.54. The monoisotopic (exact) mass is 450 g/mol. The van der Waals surface area contributed by atoms with Crippen molar-refractivity contribution in [2.24, 2.45) is 0 Å². The number of hydrogen-bond donors (Lipinski definition) is 0. The third-order valence-corrected chi connectivity index (χ3v) is 4.93. The molecular formula is C24H19BrO4. The first-order valence-electron chi connectivity index (χ1n) is 9.17. The SMILES string of the molecule is Cc1cc(C)cc(Oc2coc3cc(OCc4cccc(Br)c4)ccc3c2=O)c1. The Bertz CT molecular complexity index is 1220. The molecule has 0 fully saturated rings. The summed E-state index contributed by atoms with van der Waals surface area (Å²) in [5.41, 5.74) is 3.41. The Morgan fingerprint density at radius 3 is 2.48 bits per heavy atom. The van der Waals surface area contributed by atoms with Gasteiger partial charge < -0.3 is 13.9 Å². The standard InChI is InChI=1S/C24H19BrO4/c1-15-8-16(2)10-20(9-15)29-23-14-28-22-12-19(6-7-21(22)24(23)26)27-13-17-4-3-5-18(25)11-17/h3-12,14H,13H2,1-2H3. The van der Waals surface area contributed by atoms with E-state index < -0.39 is 0 Å². The molecule has 0 saturated heterocycles. The molecule has 0 N–H and O–H groups in total. The zero-order chi connectivity index (χ0) is 20.4. The largest absolute Gasteiger partial charge is 0.489 e. The Morgan fingerprint density at radius 2 is 1.72 bits per heavy atom. The van der Waals surface area contributed by atoms with Gasteiger partial charge in [0.25, 0.3) is 0 Å². The highest BCUT2D eigenvalue weighted by atomic mass is 79.9. The maximum Gasteiger partial charge on any atom is 0.235 e. The first kappa shape index (κ1) is 19.3. The number of benzene rings is 3. The van der Waals surface area contributed by atoms with Crippen molar-refractivity contribution in [3.63, 3.8) is 0 Å². The maximum atomic E-state index is 12.8. The summed E-state index contributed by atoms with van der Waals surface area (Å²) in [6.45, 7) is 4.39. The van der Waals surface area contributed by atoms with E-state index in [-0.39, 0.29) is 11.2 Å². The van der Waals surface area contributed by atoms with E-state index in [1.54, 1.807) is 18.2 Å². The number of rotatable bonds is 5. The van der Waals surface area contributed by atoms with Crippen molar-refractivity contribution in [3.8, 4) is 17.2 Å². The molecule has 0 unspecified atom stereocenters. The minimum Gasteiger partial charge on any atom is -0.489 e. The Morgan fingerprint density at radius 1 is 0.931 bits per heavy atom. The summed E-state index contributed by atoms with van der Waals surface area (Å²) in [5, 5.41) is 0.446. The number of fused-ring (bicyclic) bond motifs is 1. The molecule has 5 heteroatoms. The molecular weight excluding hydrogens is 432 g/mol. The molecule has 4 aromatic rings. The number of hydrogen-bond acceptors (Lipinski definition) is 4. The Labute approximate surface area is 176 Å². The van der Waals surface area contributed by atoms with Gasteiger partial charge in [-0.1, -0.05) is 34.1 Å². The van der Waals surface area contributed by atoms with E-state index >= 15 is 0 Å². The van der Waals surface area contributed by atoms with Gasteiger partial charge in [-0.05, 0) is 66.9 Å². The lowest BCUT2D eigenvalue weighted by atomic mass is 10.1. The van der Waals surface area contributed by atoms with E-state index in [1.165, 1.54) is 6.26 Å². The quantitative estimate of drug-likeness (QED) is 0.346. The van der Waals surface area contributed by atoms with Crippen molar-refractivity contribution in [1.82, 2.24) is 0 Å². The van der Waals surface area contributed by atoms with E-state index in [9.17, 15) is 4.79 Å². The highest BCUT2D eigenvalue weighted by molar-refractivity contribution is 9.10. The van der Waals surface area contributed by atoms with E-state index in [0.29, 0.717) is 29.1 Å². The summed E-state index contributed by atoms with van der Waals surface area (Å²) in [5.74, 6) is 1.40. The topological polar surface area (TPSA) is 48.7 Å². The number of halogens is 1. The average molecular weight is 451 g/mol. The van der Waals surface area contributed by atoms with Crippen LogP contribution in [0.25, 0.3) is 11.0 Å². The van der Waals surface area contributed by atoms with Crippen LogP contribution < -0.4 is 14.9 Å². The zero-order valence-electron chi connectivity index (χ0n) is 16.1. The van der Waals surface area contributed by atoms with E-state index in [2.05, 4.69) is 15.9 Å². The Kier molecular flexibility index (Phi) is 5.41. The van der Waals surface area contributed by atoms with Crippen LogP contribution in [0.5, 0.6) is 17.2 Å². The number of aryl methyl sites for hydroxylation is 2. The van der Waals surface area contributed by atoms with Gasteiger partial charge >= 0.3 is 0 Å². The van der Waals surface area contributed by atoms with Crippen LogP contribution in [0.3, 0.4) is 0 Å². The summed E-state index contributed by atoms with van der Waals surface area (Å²) < 4.78 is 18.3. The fourth-order valence-corrected chi connectivity index (χ4v) is 3.61. The summed E-state index contributed by atoms with van der Waals surface area (Å²) in [6.07, 6.45) is 1.35. The van der Waals surface area contributed by atoms with Gasteiger partial charge in [-0.2, -0.15) is 0 Å². The van der Waals surface area contributed by atoms with Gasteiger partial charge in [0.2, 0.25) is 11.2 Å². The summed E-state index contributed by atoms with van der Waals surface area (Å²) in [4.78, 5) is 12.8. The molecule has 0 spiro atoms. The minimum absolute atomic E-state index is 0.158. The van der Waals surface area contributed by atoms with Crippen molar-refractivity contribution < 1.29 is 13.9 Å². The summed E-state index contributed by atoms with van der Waals surface area (Å²) in [7, 11) is 0. The first-order chi connectivity index (χ1) is 14.0. The van der Waals surface area contributed by atoms with E-state index in [1.807, 2.05) is 56.3 Å². The van der Waals surface area contributed by atoms with Crippen LogP contribution in [0, 0.1) is 13.8 Å². The van der Waals surface area contributed by atoms with Gasteiger partial charge in [0, 0.05) is 10.5 Å². The van der Waals surface area contributed by atoms with Gasteiger partial charge in [-0.25, -0.2) is 0 Å². The Hall–Kier alpha value is -3.05. The molecule has 3 aromatic carbocycles. The van der Waals surface area contributed by atoms with Crippen LogP contribution >= 0.6 is 15.9 Å². The molecule has 29 heavy (non-hydrogen) atoms. The van der Waals surface area contributed by atoms with Crippen LogP contribution in [-0.4, -0.2) is 0 Å². The smallest absolute Gasteiger partial charge is 0.235 e. The van der Waals surface area contributed by atoms with Crippen molar-refractivity contribution >= 4 is 26.9 Å². The lowest BCUT2D eigenvalue weighted by Gasteiger charge is -2.09. The lowest BCUT2D eigenvalue weighted by molar-refractivity contribution is 0.306. The molecule has 0 aliphatic rings. The minimum atomic E-state index is -0.219. The molecule has 0 aliphatic carbocycles. The van der Waals surface area contributed by atoms with Crippen LogP contribution in [0.1, 0.15) is 16.7 Å². The molecule has 4 rings (SSSR count). The molecule has 1 heterocycles. The highest BCUT2D eigenvalue weighted by Crippen LogP contribution is 2.26. The van der Waals surface area contributed by atoms with Crippen molar-refractivity contribution in [1.29, 1.82) is 0 Å². The molecule has 0 amide bonds. The summed E-state index contributed by atoms with van der Waals surface area (Å²) >= 11 is 3.45. The van der Waals surface area contributed by atoms with Gasteiger partial charge in [0.1, 0.15) is 30.0 Å². The molecule has 0 radical (unpaired) electrons. The highest BCUT2D eigenvalue weighted by Gasteiger charge is 2.11. The second-order valence-corrected chi connectivity index (χ2v) is 7.85. The molecule has 0 saturated carbocycles. The predicted molar refractivity (Wildman–Crippen MR) is 117 cm³/mol. The second kappa shape index (κ2) is 8.13. The van der Waals surface area contributed by atoms with Crippen LogP contribution in [0.15, 0.2) is 80.6 Å².